The van der Waals surface area contributed by atoms with Gasteiger partial charge in [-0.3, -0.25) is 4.90 Å². The molecular formula is C18H29N3O. The molecule has 2 saturated heterocycles. The molecule has 0 unspecified atom stereocenters. The van der Waals surface area contributed by atoms with Gasteiger partial charge in [0.15, 0.2) is 0 Å². The van der Waals surface area contributed by atoms with E-state index in [0.717, 1.165) is 24.9 Å². The van der Waals surface area contributed by atoms with Crippen molar-refractivity contribution in [3.63, 3.8) is 0 Å². The molecule has 0 saturated carbocycles. The van der Waals surface area contributed by atoms with Crippen LogP contribution in [0.25, 0.3) is 0 Å². The van der Waals surface area contributed by atoms with Crippen LogP contribution in [-0.4, -0.2) is 69.3 Å². The summed E-state index contributed by atoms with van der Waals surface area (Å²) in [5.41, 5.74) is 2.69. The van der Waals surface area contributed by atoms with Crippen LogP contribution in [0.15, 0.2) is 18.2 Å². The van der Waals surface area contributed by atoms with Crippen molar-refractivity contribution in [3.05, 3.63) is 23.8 Å². The van der Waals surface area contributed by atoms with Crippen LogP contribution in [0.4, 0.5) is 5.69 Å². The number of benzene rings is 1. The Bertz CT molecular complexity index is 489. The number of nitrogens with zero attached hydrogens (tertiary/aromatic N) is 3. The number of hydrogen-bond donors (Lipinski definition) is 0. The summed E-state index contributed by atoms with van der Waals surface area (Å²) in [6, 6.07) is 7.18. The smallest absolute Gasteiger partial charge is 0.120 e. The number of piperazine rings is 1. The third kappa shape index (κ3) is 3.39. The first-order valence-corrected chi connectivity index (χ1v) is 8.49. The molecule has 4 heteroatoms. The minimum absolute atomic E-state index is 0.774. The van der Waals surface area contributed by atoms with Crippen molar-refractivity contribution in [2.24, 2.45) is 0 Å². The van der Waals surface area contributed by atoms with Crippen molar-refractivity contribution in [2.45, 2.75) is 25.8 Å². The van der Waals surface area contributed by atoms with Gasteiger partial charge in [-0.15, -0.1) is 0 Å². The second-order valence-electron chi connectivity index (χ2n) is 6.71. The second kappa shape index (κ2) is 6.88. The Labute approximate surface area is 134 Å². The molecule has 2 fully saturated rings. The van der Waals surface area contributed by atoms with Gasteiger partial charge >= 0.3 is 0 Å². The summed E-state index contributed by atoms with van der Waals surface area (Å²) in [4.78, 5) is 7.67. The van der Waals surface area contributed by atoms with Gasteiger partial charge in [-0.05, 0) is 38.4 Å². The van der Waals surface area contributed by atoms with Gasteiger partial charge in [0.1, 0.15) is 5.75 Å². The summed E-state index contributed by atoms with van der Waals surface area (Å²) in [6.07, 6.45) is 2.56. The Morgan fingerprint density at radius 2 is 1.68 bits per heavy atom. The number of aryl methyl sites for hydroxylation is 1. The lowest BCUT2D eigenvalue weighted by Crippen LogP contribution is -2.52. The second-order valence-corrected chi connectivity index (χ2v) is 6.71. The van der Waals surface area contributed by atoms with E-state index in [9.17, 15) is 0 Å². The summed E-state index contributed by atoms with van der Waals surface area (Å²) in [5, 5.41) is 0. The van der Waals surface area contributed by atoms with Crippen LogP contribution in [0, 0.1) is 6.92 Å². The third-order valence-electron chi connectivity index (χ3n) is 5.28. The minimum atomic E-state index is 0.774. The van der Waals surface area contributed by atoms with Crippen molar-refractivity contribution >= 4 is 5.69 Å². The summed E-state index contributed by atoms with van der Waals surface area (Å²) >= 11 is 0. The largest absolute Gasteiger partial charge is 0.497 e. The maximum Gasteiger partial charge on any atom is 0.120 e. The van der Waals surface area contributed by atoms with E-state index in [0.29, 0.717) is 0 Å². The average molecular weight is 303 g/mol. The normalized spacial score (nSPS) is 22.0. The molecule has 0 aromatic heterocycles. The van der Waals surface area contributed by atoms with Gasteiger partial charge in [-0.1, -0.05) is 6.07 Å². The molecular weight excluding hydrogens is 274 g/mol. The van der Waals surface area contributed by atoms with Crippen molar-refractivity contribution < 1.29 is 4.74 Å². The molecule has 22 heavy (non-hydrogen) atoms. The fourth-order valence-corrected chi connectivity index (χ4v) is 3.72. The number of ether oxygens (including phenoxy) is 1. The van der Waals surface area contributed by atoms with E-state index in [1.54, 1.807) is 7.11 Å². The first-order valence-electron chi connectivity index (χ1n) is 8.49. The fourth-order valence-electron chi connectivity index (χ4n) is 3.72. The van der Waals surface area contributed by atoms with Crippen LogP contribution in [0.3, 0.4) is 0 Å². The maximum atomic E-state index is 5.39. The number of rotatable bonds is 3. The molecule has 2 aliphatic heterocycles. The number of methoxy groups -OCH3 is 1. The van der Waals surface area contributed by atoms with E-state index in [2.05, 4.69) is 46.9 Å². The van der Waals surface area contributed by atoms with Crippen molar-refractivity contribution in [3.8, 4) is 5.75 Å². The Balaban J connectivity index is 1.60. The highest BCUT2D eigenvalue weighted by Crippen LogP contribution is 2.29. The van der Waals surface area contributed by atoms with Crippen LogP contribution < -0.4 is 9.64 Å². The highest BCUT2D eigenvalue weighted by Gasteiger charge is 2.27. The van der Waals surface area contributed by atoms with E-state index < -0.39 is 0 Å². The lowest BCUT2D eigenvalue weighted by molar-refractivity contribution is 0.0982. The van der Waals surface area contributed by atoms with Gasteiger partial charge in [0.25, 0.3) is 0 Å². The zero-order valence-corrected chi connectivity index (χ0v) is 14.2. The van der Waals surface area contributed by atoms with E-state index in [4.69, 9.17) is 4.74 Å². The monoisotopic (exact) mass is 303 g/mol. The van der Waals surface area contributed by atoms with E-state index in [1.165, 1.54) is 50.3 Å². The first-order chi connectivity index (χ1) is 10.7. The third-order valence-corrected chi connectivity index (χ3v) is 5.28. The van der Waals surface area contributed by atoms with Gasteiger partial charge < -0.3 is 14.5 Å². The van der Waals surface area contributed by atoms with E-state index >= 15 is 0 Å². The molecule has 1 aromatic rings. The van der Waals surface area contributed by atoms with Gasteiger partial charge in [0, 0.05) is 57.1 Å². The zero-order chi connectivity index (χ0) is 15.5. The van der Waals surface area contributed by atoms with Gasteiger partial charge in [0.05, 0.1) is 7.11 Å². The molecule has 0 atom stereocenters. The summed E-state index contributed by atoms with van der Waals surface area (Å²) in [5.74, 6) is 0.960. The Morgan fingerprint density at radius 1 is 1.00 bits per heavy atom. The highest BCUT2D eigenvalue weighted by atomic mass is 16.5. The standard InChI is InChI=1S/C18H29N3O/c1-15-4-5-17(22-3)14-18(15)21-8-6-16(7-9-21)20-12-10-19(2)11-13-20/h4-5,14,16H,6-13H2,1-3H3. The molecule has 0 amide bonds. The molecule has 2 heterocycles. The number of hydrogen-bond acceptors (Lipinski definition) is 4. The predicted octanol–water partition coefficient (Wildman–Crippen LogP) is 2.22. The topological polar surface area (TPSA) is 19.0 Å². The van der Waals surface area contributed by atoms with Crippen LogP contribution in [0.5, 0.6) is 5.75 Å². The number of piperidine rings is 1. The molecule has 0 radical (unpaired) electrons. The average Bonchev–Trinajstić information content (AvgIpc) is 2.56. The van der Waals surface area contributed by atoms with Crippen LogP contribution in [0.2, 0.25) is 0 Å². The molecule has 4 nitrogen and oxygen atoms in total. The maximum absolute atomic E-state index is 5.39. The Morgan fingerprint density at radius 3 is 2.32 bits per heavy atom. The molecule has 2 aliphatic rings. The SMILES string of the molecule is COc1ccc(C)c(N2CCC(N3CCN(C)CC3)CC2)c1. The molecule has 122 valence electrons. The van der Waals surface area contributed by atoms with Gasteiger partial charge in [0.2, 0.25) is 0 Å². The Kier molecular flexibility index (Phi) is 4.89. The van der Waals surface area contributed by atoms with Crippen molar-refractivity contribution in [1.29, 1.82) is 0 Å². The van der Waals surface area contributed by atoms with Gasteiger partial charge in [-0.2, -0.15) is 0 Å². The molecule has 3 rings (SSSR count). The number of anilines is 1. The highest BCUT2D eigenvalue weighted by molar-refractivity contribution is 5.57. The van der Waals surface area contributed by atoms with Crippen LogP contribution in [-0.2, 0) is 0 Å². The summed E-state index contributed by atoms with van der Waals surface area (Å²) in [7, 11) is 3.97. The van der Waals surface area contributed by atoms with Crippen molar-refractivity contribution in [2.75, 3.05) is 58.3 Å². The zero-order valence-electron chi connectivity index (χ0n) is 14.2. The quantitative estimate of drug-likeness (QED) is 0.852. The first kappa shape index (κ1) is 15.6. The number of likely N-dealkylation sites (N-methyl/N-ethyl adjacent to an activating group) is 1. The molecule has 0 N–H and O–H groups in total. The molecule has 1 aromatic carbocycles. The summed E-state index contributed by atoms with van der Waals surface area (Å²) < 4.78 is 5.39. The Hall–Kier alpha value is -1.26. The summed E-state index contributed by atoms with van der Waals surface area (Å²) in [6.45, 7) is 9.42. The van der Waals surface area contributed by atoms with E-state index in [1.807, 2.05) is 0 Å². The predicted molar refractivity (Wildman–Crippen MR) is 92.0 cm³/mol. The molecule has 0 bridgehead atoms. The molecule has 0 aliphatic carbocycles. The molecule has 0 spiro atoms. The van der Waals surface area contributed by atoms with Crippen LogP contribution in [0.1, 0.15) is 18.4 Å². The van der Waals surface area contributed by atoms with E-state index in [-0.39, 0.29) is 0 Å². The van der Waals surface area contributed by atoms with Crippen LogP contribution >= 0.6 is 0 Å². The van der Waals surface area contributed by atoms with Crippen molar-refractivity contribution in [1.82, 2.24) is 9.80 Å². The van der Waals surface area contributed by atoms with Gasteiger partial charge in [-0.25, -0.2) is 0 Å². The lowest BCUT2D eigenvalue weighted by Gasteiger charge is -2.42. The lowest BCUT2D eigenvalue weighted by atomic mass is 10.0. The minimum Gasteiger partial charge on any atom is -0.497 e. The fraction of sp³-hybridized carbons (Fsp3) is 0.667.